The van der Waals surface area contributed by atoms with Crippen LogP contribution in [0.2, 0.25) is 0 Å². The van der Waals surface area contributed by atoms with Crippen molar-refractivity contribution >= 4 is 5.82 Å². The Hall–Kier alpha value is -1.62. The molecule has 0 saturated carbocycles. The molecule has 1 heterocycles. The SMILES string of the molecule is Cc1cn(C/C=C/CN)c(=O)nc1N. The third-order valence-electron chi connectivity index (χ3n) is 1.82. The van der Waals surface area contributed by atoms with Gasteiger partial charge in [-0.25, -0.2) is 4.79 Å². The van der Waals surface area contributed by atoms with Crippen LogP contribution in [0.15, 0.2) is 23.1 Å². The molecule has 14 heavy (non-hydrogen) atoms. The molecule has 0 aliphatic rings. The van der Waals surface area contributed by atoms with Crippen molar-refractivity contribution in [2.24, 2.45) is 5.73 Å². The molecule has 76 valence electrons. The molecule has 1 rings (SSSR count). The summed E-state index contributed by atoms with van der Waals surface area (Å²) in [6.45, 7) is 2.76. The Morgan fingerprint density at radius 1 is 1.57 bits per heavy atom. The summed E-state index contributed by atoms with van der Waals surface area (Å²) in [4.78, 5) is 15.0. The first-order valence-electron chi connectivity index (χ1n) is 4.33. The third kappa shape index (κ3) is 2.43. The lowest BCUT2D eigenvalue weighted by atomic mass is 10.3. The van der Waals surface area contributed by atoms with E-state index in [2.05, 4.69) is 4.98 Å². The molecule has 0 aliphatic carbocycles. The van der Waals surface area contributed by atoms with E-state index in [9.17, 15) is 4.79 Å². The number of aromatic nitrogens is 2. The highest BCUT2D eigenvalue weighted by molar-refractivity contribution is 5.35. The molecule has 0 saturated heterocycles. The Bertz CT molecular complexity index is 394. The minimum atomic E-state index is -0.338. The molecule has 4 N–H and O–H groups in total. The van der Waals surface area contributed by atoms with Gasteiger partial charge in [-0.2, -0.15) is 4.98 Å². The molecule has 0 amide bonds. The first-order chi connectivity index (χ1) is 6.65. The maximum atomic E-state index is 11.3. The summed E-state index contributed by atoms with van der Waals surface area (Å²) in [5, 5.41) is 0. The van der Waals surface area contributed by atoms with E-state index in [1.54, 1.807) is 12.3 Å². The molecule has 1 aromatic rings. The van der Waals surface area contributed by atoms with Gasteiger partial charge in [0.05, 0.1) is 0 Å². The maximum absolute atomic E-state index is 11.3. The number of nitrogen functional groups attached to an aromatic ring is 1. The van der Waals surface area contributed by atoms with Crippen LogP contribution in [0.4, 0.5) is 5.82 Å². The van der Waals surface area contributed by atoms with Crippen LogP contribution < -0.4 is 17.2 Å². The van der Waals surface area contributed by atoms with Crippen LogP contribution in [0.1, 0.15) is 5.56 Å². The van der Waals surface area contributed by atoms with Crippen LogP contribution in [0.3, 0.4) is 0 Å². The van der Waals surface area contributed by atoms with E-state index < -0.39 is 0 Å². The van der Waals surface area contributed by atoms with Crippen molar-refractivity contribution in [1.82, 2.24) is 9.55 Å². The number of allylic oxidation sites excluding steroid dienone is 1. The van der Waals surface area contributed by atoms with Crippen molar-refractivity contribution in [1.29, 1.82) is 0 Å². The first-order valence-corrected chi connectivity index (χ1v) is 4.33. The standard InChI is InChI=1S/C9H14N4O/c1-7-6-13(5-3-2-4-10)9(14)12-8(7)11/h2-3,6H,4-5,10H2,1H3,(H2,11,12,14)/b3-2+. The van der Waals surface area contributed by atoms with Gasteiger partial charge in [0.15, 0.2) is 0 Å². The first kappa shape index (κ1) is 10.5. The molecule has 5 heteroatoms. The van der Waals surface area contributed by atoms with E-state index in [0.717, 1.165) is 5.56 Å². The Morgan fingerprint density at radius 2 is 2.29 bits per heavy atom. The molecule has 0 aromatic carbocycles. The number of hydrogen-bond acceptors (Lipinski definition) is 4. The van der Waals surface area contributed by atoms with Gasteiger partial charge in [0.1, 0.15) is 5.82 Å². The molecule has 0 unspecified atom stereocenters. The van der Waals surface area contributed by atoms with Crippen LogP contribution in [0.25, 0.3) is 0 Å². The van der Waals surface area contributed by atoms with Gasteiger partial charge in [0, 0.05) is 24.8 Å². The Morgan fingerprint density at radius 3 is 2.93 bits per heavy atom. The number of anilines is 1. The summed E-state index contributed by atoms with van der Waals surface area (Å²) in [7, 11) is 0. The molecule has 0 bridgehead atoms. The summed E-state index contributed by atoms with van der Waals surface area (Å²) in [5.74, 6) is 0.286. The summed E-state index contributed by atoms with van der Waals surface area (Å²) in [5.41, 5.74) is 11.2. The molecule has 0 radical (unpaired) electrons. The lowest BCUT2D eigenvalue weighted by Crippen LogP contribution is -2.23. The van der Waals surface area contributed by atoms with Crippen LogP contribution in [-0.2, 0) is 6.54 Å². The van der Waals surface area contributed by atoms with Crippen molar-refractivity contribution in [3.05, 3.63) is 34.4 Å². The van der Waals surface area contributed by atoms with Crippen LogP contribution >= 0.6 is 0 Å². The summed E-state index contributed by atoms with van der Waals surface area (Å²) < 4.78 is 1.48. The summed E-state index contributed by atoms with van der Waals surface area (Å²) in [6.07, 6.45) is 5.29. The van der Waals surface area contributed by atoms with Gasteiger partial charge in [-0.15, -0.1) is 0 Å². The summed E-state index contributed by atoms with van der Waals surface area (Å²) in [6, 6.07) is 0. The zero-order valence-electron chi connectivity index (χ0n) is 8.10. The zero-order valence-corrected chi connectivity index (χ0v) is 8.10. The number of nitrogens with two attached hydrogens (primary N) is 2. The predicted octanol–water partition coefficient (Wildman–Crippen LogP) is -0.351. The van der Waals surface area contributed by atoms with Gasteiger partial charge < -0.3 is 11.5 Å². The topological polar surface area (TPSA) is 86.9 Å². The average molecular weight is 194 g/mol. The van der Waals surface area contributed by atoms with E-state index in [1.165, 1.54) is 4.57 Å². The second kappa shape index (κ2) is 4.57. The predicted molar refractivity (Wildman–Crippen MR) is 55.8 cm³/mol. The van der Waals surface area contributed by atoms with E-state index in [-0.39, 0.29) is 11.5 Å². The second-order valence-corrected chi connectivity index (χ2v) is 2.95. The normalized spacial score (nSPS) is 11.0. The van der Waals surface area contributed by atoms with Gasteiger partial charge in [0.25, 0.3) is 0 Å². The number of hydrogen-bond donors (Lipinski definition) is 2. The molecule has 0 atom stereocenters. The Labute approximate surface area is 82.1 Å². The fourth-order valence-corrected chi connectivity index (χ4v) is 1.03. The van der Waals surface area contributed by atoms with Crippen LogP contribution in [0, 0.1) is 6.92 Å². The third-order valence-corrected chi connectivity index (χ3v) is 1.82. The Balaban J connectivity index is 2.93. The lowest BCUT2D eigenvalue weighted by Gasteiger charge is -2.03. The van der Waals surface area contributed by atoms with Crippen molar-refractivity contribution in [2.45, 2.75) is 13.5 Å². The lowest BCUT2D eigenvalue weighted by molar-refractivity contribution is 0.738. The fourth-order valence-electron chi connectivity index (χ4n) is 1.03. The van der Waals surface area contributed by atoms with Crippen molar-refractivity contribution in [3.8, 4) is 0 Å². The minimum absolute atomic E-state index is 0.286. The highest BCUT2D eigenvalue weighted by Crippen LogP contribution is 2.01. The monoisotopic (exact) mass is 194 g/mol. The number of aryl methyl sites for hydroxylation is 1. The molecular weight excluding hydrogens is 180 g/mol. The number of nitrogens with zero attached hydrogens (tertiary/aromatic N) is 2. The average Bonchev–Trinajstić information content (AvgIpc) is 2.14. The van der Waals surface area contributed by atoms with Gasteiger partial charge in [-0.3, -0.25) is 4.57 Å². The van der Waals surface area contributed by atoms with E-state index in [4.69, 9.17) is 11.5 Å². The Kier molecular flexibility index (Phi) is 3.41. The van der Waals surface area contributed by atoms with Crippen LogP contribution in [-0.4, -0.2) is 16.1 Å². The minimum Gasteiger partial charge on any atom is -0.383 e. The quantitative estimate of drug-likeness (QED) is 0.644. The highest BCUT2D eigenvalue weighted by atomic mass is 16.1. The largest absolute Gasteiger partial charge is 0.383 e. The molecule has 5 nitrogen and oxygen atoms in total. The van der Waals surface area contributed by atoms with Crippen molar-refractivity contribution < 1.29 is 0 Å². The maximum Gasteiger partial charge on any atom is 0.349 e. The molecule has 0 aliphatic heterocycles. The molecule has 0 fully saturated rings. The van der Waals surface area contributed by atoms with Crippen LogP contribution in [0.5, 0.6) is 0 Å². The smallest absolute Gasteiger partial charge is 0.349 e. The highest BCUT2D eigenvalue weighted by Gasteiger charge is 1.99. The second-order valence-electron chi connectivity index (χ2n) is 2.95. The van der Waals surface area contributed by atoms with Gasteiger partial charge >= 0.3 is 5.69 Å². The van der Waals surface area contributed by atoms with E-state index >= 15 is 0 Å². The molecule has 0 spiro atoms. The summed E-state index contributed by atoms with van der Waals surface area (Å²) >= 11 is 0. The zero-order chi connectivity index (χ0) is 10.6. The number of rotatable bonds is 3. The van der Waals surface area contributed by atoms with E-state index in [1.807, 2.05) is 13.0 Å². The fraction of sp³-hybridized carbons (Fsp3) is 0.333. The van der Waals surface area contributed by atoms with Crippen molar-refractivity contribution in [3.63, 3.8) is 0 Å². The molecule has 1 aromatic heterocycles. The van der Waals surface area contributed by atoms with E-state index in [0.29, 0.717) is 13.1 Å². The van der Waals surface area contributed by atoms with Gasteiger partial charge in [0.2, 0.25) is 0 Å². The van der Waals surface area contributed by atoms with Crippen molar-refractivity contribution in [2.75, 3.05) is 12.3 Å². The molecular formula is C9H14N4O. The van der Waals surface area contributed by atoms with Gasteiger partial charge in [-0.05, 0) is 6.92 Å². The van der Waals surface area contributed by atoms with Gasteiger partial charge in [-0.1, -0.05) is 12.2 Å².